The summed E-state index contributed by atoms with van der Waals surface area (Å²) in [6.45, 7) is 7.35. The Labute approximate surface area is 191 Å². The van der Waals surface area contributed by atoms with Gasteiger partial charge in [-0.1, -0.05) is 43.2 Å². The molecule has 1 amide bonds. The van der Waals surface area contributed by atoms with E-state index in [9.17, 15) is 4.79 Å². The molecule has 3 saturated heterocycles. The lowest BCUT2D eigenvalue weighted by Crippen LogP contribution is -2.59. The highest BCUT2D eigenvalue weighted by Gasteiger charge is 2.51. The van der Waals surface area contributed by atoms with E-state index in [0.29, 0.717) is 12.0 Å². The molecule has 1 aromatic rings. The molecule has 4 fully saturated rings. The van der Waals surface area contributed by atoms with E-state index in [2.05, 4.69) is 62.1 Å². The quantitative estimate of drug-likeness (QED) is 0.759. The fourth-order valence-corrected chi connectivity index (χ4v) is 7.39. The van der Waals surface area contributed by atoms with Gasteiger partial charge in [0, 0.05) is 56.8 Å². The van der Waals surface area contributed by atoms with E-state index in [0.717, 1.165) is 45.7 Å². The molecule has 4 aliphatic rings. The van der Waals surface area contributed by atoms with Crippen molar-refractivity contribution in [2.45, 2.75) is 56.0 Å². The molecule has 6 heteroatoms. The molecule has 0 unspecified atom stereocenters. The Morgan fingerprint density at radius 3 is 2.48 bits per heavy atom. The zero-order valence-corrected chi connectivity index (χ0v) is 19.6. The van der Waals surface area contributed by atoms with Gasteiger partial charge in [0.1, 0.15) is 5.54 Å². The second-order valence-corrected chi connectivity index (χ2v) is 11.0. The standard InChI is InChI=1S/C25H38N4OS/c30-24-25(29(20-26-24)15-14-27-16-18-31-19-17-27)10-12-28(13-11-25)23-9-5-4-8-22(23)21-6-2-1-3-7-21/h1-3,6-7,22-23H,4-5,8-20H2,(H,26,30)/t22-,23-/m1/s1. The minimum Gasteiger partial charge on any atom is -0.342 e. The molecule has 170 valence electrons. The number of rotatable bonds is 5. The average Bonchev–Trinajstić information content (AvgIpc) is 3.14. The summed E-state index contributed by atoms with van der Waals surface area (Å²) in [4.78, 5) is 20.8. The van der Waals surface area contributed by atoms with Crippen molar-refractivity contribution in [2.24, 2.45) is 0 Å². The van der Waals surface area contributed by atoms with Crippen LogP contribution in [0.1, 0.15) is 50.0 Å². The number of hydrogen-bond donors (Lipinski definition) is 1. The van der Waals surface area contributed by atoms with Crippen LogP contribution in [0.15, 0.2) is 30.3 Å². The van der Waals surface area contributed by atoms with Gasteiger partial charge in [0.25, 0.3) is 0 Å². The first kappa shape index (κ1) is 21.7. The Balaban J connectivity index is 1.23. The molecule has 1 N–H and O–H groups in total. The molecule has 5 rings (SSSR count). The molecule has 0 radical (unpaired) electrons. The third-order valence-electron chi connectivity index (χ3n) is 8.30. The number of nitrogens with zero attached hydrogens (tertiary/aromatic N) is 3. The van der Waals surface area contributed by atoms with Crippen molar-refractivity contribution in [3.63, 3.8) is 0 Å². The van der Waals surface area contributed by atoms with Gasteiger partial charge in [-0.3, -0.25) is 14.6 Å². The number of thioether (sulfide) groups is 1. The third-order valence-corrected chi connectivity index (χ3v) is 9.24. The Morgan fingerprint density at radius 1 is 0.968 bits per heavy atom. The summed E-state index contributed by atoms with van der Waals surface area (Å²) in [5.41, 5.74) is 1.24. The van der Waals surface area contributed by atoms with Gasteiger partial charge in [0.05, 0.1) is 6.67 Å². The van der Waals surface area contributed by atoms with Gasteiger partial charge in [-0.25, -0.2) is 0 Å². The lowest BCUT2D eigenvalue weighted by Gasteiger charge is -2.48. The number of amides is 1. The van der Waals surface area contributed by atoms with Crippen LogP contribution in [0.25, 0.3) is 0 Å². The monoisotopic (exact) mass is 442 g/mol. The van der Waals surface area contributed by atoms with Gasteiger partial charge in [-0.05, 0) is 37.2 Å². The van der Waals surface area contributed by atoms with Crippen LogP contribution < -0.4 is 5.32 Å². The molecule has 0 aromatic heterocycles. The Bertz CT molecular complexity index is 730. The largest absolute Gasteiger partial charge is 0.342 e. The van der Waals surface area contributed by atoms with Gasteiger partial charge in [-0.2, -0.15) is 11.8 Å². The van der Waals surface area contributed by atoms with E-state index in [-0.39, 0.29) is 11.4 Å². The SMILES string of the molecule is O=C1NCN(CCN2CCSCC2)C12CCN([C@@H]1CCCC[C@@H]1c1ccccc1)CC2. The van der Waals surface area contributed by atoms with E-state index >= 15 is 0 Å². The van der Waals surface area contributed by atoms with E-state index < -0.39 is 0 Å². The van der Waals surface area contributed by atoms with Crippen LogP contribution in [-0.2, 0) is 4.79 Å². The molecule has 5 nitrogen and oxygen atoms in total. The van der Waals surface area contributed by atoms with E-state index in [1.54, 1.807) is 0 Å². The second-order valence-electron chi connectivity index (χ2n) is 9.82. The lowest BCUT2D eigenvalue weighted by molar-refractivity contribution is -0.129. The number of carbonyl (C=O) groups excluding carboxylic acids is 1. The van der Waals surface area contributed by atoms with Crippen LogP contribution in [0, 0.1) is 0 Å². The number of likely N-dealkylation sites (tertiary alicyclic amines) is 1. The Hall–Kier alpha value is -1.08. The molecule has 3 aliphatic heterocycles. The number of nitrogens with one attached hydrogen (secondary N) is 1. The maximum Gasteiger partial charge on any atom is 0.241 e. The van der Waals surface area contributed by atoms with Crippen molar-refractivity contribution in [1.82, 2.24) is 20.0 Å². The highest BCUT2D eigenvalue weighted by atomic mass is 32.2. The highest BCUT2D eigenvalue weighted by molar-refractivity contribution is 7.99. The van der Waals surface area contributed by atoms with Crippen LogP contribution in [0.5, 0.6) is 0 Å². The Kier molecular flexibility index (Phi) is 6.89. The van der Waals surface area contributed by atoms with Crippen molar-refractivity contribution in [3.05, 3.63) is 35.9 Å². The summed E-state index contributed by atoms with van der Waals surface area (Å²) in [6.07, 6.45) is 7.25. The third kappa shape index (κ3) is 4.54. The van der Waals surface area contributed by atoms with E-state index in [1.807, 2.05) is 0 Å². The number of carbonyl (C=O) groups is 1. The fraction of sp³-hybridized carbons (Fsp3) is 0.720. The summed E-state index contributed by atoms with van der Waals surface area (Å²) in [5, 5.41) is 3.19. The predicted molar refractivity (Wildman–Crippen MR) is 128 cm³/mol. The Morgan fingerprint density at radius 2 is 1.71 bits per heavy atom. The molecule has 1 saturated carbocycles. The molecule has 1 aliphatic carbocycles. The van der Waals surface area contributed by atoms with Gasteiger partial charge in [0.15, 0.2) is 0 Å². The zero-order valence-electron chi connectivity index (χ0n) is 18.8. The first-order valence-corrected chi connectivity index (χ1v) is 13.5. The van der Waals surface area contributed by atoms with Gasteiger partial charge in [0.2, 0.25) is 5.91 Å². The summed E-state index contributed by atoms with van der Waals surface area (Å²) in [6, 6.07) is 11.8. The molecule has 2 atom stereocenters. The first-order valence-electron chi connectivity index (χ1n) is 12.4. The van der Waals surface area contributed by atoms with Crippen LogP contribution in [0.4, 0.5) is 0 Å². The van der Waals surface area contributed by atoms with Crippen LogP contribution in [0.2, 0.25) is 0 Å². The summed E-state index contributed by atoms with van der Waals surface area (Å²) in [5.74, 6) is 3.43. The topological polar surface area (TPSA) is 38.8 Å². The van der Waals surface area contributed by atoms with Gasteiger partial charge < -0.3 is 10.2 Å². The van der Waals surface area contributed by atoms with E-state index in [4.69, 9.17) is 0 Å². The normalized spacial score (nSPS) is 30.5. The number of hydrogen-bond acceptors (Lipinski definition) is 5. The maximum absolute atomic E-state index is 13.0. The minimum absolute atomic E-state index is 0.266. The number of benzene rings is 1. The molecule has 31 heavy (non-hydrogen) atoms. The molecule has 1 spiro atoms. The summed E-state index contributed by atoms with van der Waals surface area (Å²) in [7, 11) is 0. The number of piperidine rings is 1. The molecular weight excluding hydrogens is 404 g/mol. The van der Waals surface area contributed by atoms with Crippen molar-refractivity contribution in [2.75, 3.05) is 57.4 Å². The molecule has 1 aromatic carbocycles. The fourth-order valence-electron chi connectivity index (χ4n) is 6.41. The lowest BCUT2D eigenvalue weighted by atomic mass is 9.77. The predicted octanol–water partition coefficient (Wildman–Crippen LogP) is 2.99. The summed E-state index contributed by atoms with van der Waals surface area (Å²) >= 11 is 2.06. The minimum atomic E-state index is -0.266. The van der Waals surface area contributed by atoms with E-state index in [1.165, 1.54) is 55.8 Å². The molecule has 0 bridgehead atoms. The van der Waals surface area contributed by atoms with Gasteiger partial charge in [-0.15, -0.1) is 0 Å². The van der Waals surface area contributed by atoms with Crippen molar-refractivity contribution < 1.29 is 4.79 Å². The van der Waals surface area contributed by atoms with Crippen LogP contribution >= 0.6 is 11.8 Å². The van der Waals surface area contributed by atoms with Crippen molar-refractivity contribution >= 4 is 17.7 Å². The van der Waals surface area contributed by atoms with Crippen molar-refractivity contribution in [3.8, 4) is 0 Å². The van der Waals surface area contributed by atoms with Crippen molar-refractivity contribution in [1.29, 1.82) is 0 Å². The molecule has 3 heterocycles. The smallest absolute Gasteiger partial charge is 0.241 e. The highest BCUT2D eigenvalue weighted by Crippen LogP contribution is 2.40. The second kappa shape index (κ2) is 9.82. The van der Waals surface area contributed by atoms with Crippen LogP contribution in [0.3, 0.4) is 0 Å². The average molecular weight is 443 g/mol. The molecular formula is C25H38N4OS. The maximum atomic E-state index is 13.0. The summed E-state index contributed by atoms with van der Waals surface area (Å²) < 4.78 is 0. The first-order chi connectivity index (χ1) is 15.3. The van der Waals surface area contributed by atoms with Gasteiger partial charge >= 0.3 is 0 Å². The zero-order chi connectivity index (χ0) is 21.1. The van der Waals surface area contributed by atoms with Crippen LogP contribution in [-0.4, -0.2) is 89.6 Å².